The van der Waals surface area contributed by atoms with Gasteiger partial charge >= 0.3 is 6.03 Å². The zero-order valence-electron chi connectivity index (χ0n) is 14.3. The summed E-state index contributed by atoms with van der Waals surface area (Å²) in [6, 6.07) is 11.9. The zero-order chi connectivity index (χ0) is 18.4. The molecule has 1 aliphatic heterocycles. The molecule has 7 heteroatoms. The van der Waals surface area contributed by atoms with Gasteiger partial charge in [-0.2, -0.15) is 0 Å². The molecule has 0 radical (unpaired) electrons. The van der Waals surface area contributed by atoms with Gasteiger partial charge in [0.2, 0.25) is 0 Å². The van der Waals surface area contributed by atoms with Crippen molar-refractivity contribution in [3.05, 3.63) is 52.5 Å². The van der Waals surface area contributed by atoms with Gasteiger partial charge in [0, 0.05) is 24.0 Å². The first kappa shape index (κ1) is 18.8. The van der Waals surface area contributed by atoms with Crippen molar-refractivity contribution in [3.63, 3.8) is 0 Å². The Balaban J connectivity index is 1.50. The van der Waals surface area contributed by atoms with Crippen molar-refractivity contribution < 1.29 is 9.53 Å². The number of rotatable bonds is 6. The number of hydrogen-bond donors (Lipinski definition) is 2. The van der Waals surface area contributed by atoms with Crippen LogP contribution in [0.4, 0.5) is 16.2 Å². The Morgan fingerprint density at radius 1 is 1.00 bits per heavy atom. The number of urea groups is 1. The molecule has 26 heavy (non-hydrogen) atoms. The molecule has 0 atom stereocenters. The van der Waals surface area contributed by atoms with Crippen molar-refractivity contribution in [3.8, 4) is 5.75 Å². The quantitative estimate of drug-likeness (QED) is 0.716. The summed E-state index contributed by atoms with van der Waals surface area (Å²) in [5.74, 6) is 0.733. The van der Waals surface area contributed by atoms with Crippen LogP contribution in [0.25, 0.3) is 0 Å². The lowest BCUT2D eigenvalue weighted by Gasteiger charge is -2.15. The van der Waals surface area contributed by atoms with Crippen LogP contribution in [0.15, 0.2) is 42.5 Å². The monoisotopic (exact) mass is 393 g/mol. The molecule has 0 bridgehead atoms. The highest BCUT2D eigenvalue weighted by molar-refractivity contribution is 6.42. The predicted molar refractivity (Wildman–Crippen MR) is 107 cm³/mol. The van der Waals surface area contributed by atoms with Crippen molar-refractivity contribution in [1.82, 2.24) is 4.90 Å². The first-order chi connectivity index (χ1) is 12.6. The van der Waals surface area contributed by atoms with Gasteiger partial charge in [-0.3, -0.25) is 4.90 Å². The lowest BCUT2D eigenvalue weighted by Crippen LogP contribution is -2.25. The third-order valence-corrected chi connectivity index (χ3v) is 4.88. The molecule has 3 rings (SSSR count). The zero-order valence-corrected chi connectivity index (χ0v) is 15.8. The number of carbonyl (C=O) groups is 1. The van der Waals surface area contributed by atoms with Crippen LogP contribution in [-0.2, 0) is 0 Å². The Morgan fingerprint density at radius 3 is 2.46 bits per heavy atom. The molecule has 0 aromatic heterocycles. The largest absolute Gasteiger partial charge is 0.492 e. The Kier molecular flexibility index (Phi) is 6.61. The normalized spacial score (nSPS) is 14.2. The molecule has 1 aliphatic rings. The number of likely N-dealkylation sites (tertiary alicyclic amines) is 1. The fourth-order valence-corrected chi connectivity index (χ4v) is 3.13. The van der Waals surface area contributed by atoms with Gasteiger partial charge in [-0.05, 0) is 56.3 Å². The van der Waals surface area contributed by atoms with E-state index in [-0.39, 0.29) is 6.03 Å². The van der Waals surface area contributed by atoms with Crippen LogP contribution in [0.1, 0.15) is 12.8 Å². The van der Waals surface area contributed by atoms with Gasteiger partial charge in [-0.1, -0.05) is 29.3 Å². The lowest BCUT2D eigenvalue weighted by molar-refractivity contribution is 0.238. The molecular weight excluding hydrogens is 373 g/mol. The van der Waals surface area contributed by atoms with Gasteiger partial charge in [-0.15, -0.1) is 0 Å². The van der Waals surface area contributed by atoms with Crippen molar-refractivity contribution in [2.75, 3.05) is 36.9 Å². The van der Waals surface area contributed by atoms with Crippen molar-refractivity contribution in [2.45, 2.75) is 12.8 Å². The fraction of sp³-hybridized carbons (Fsp3) is 0.316. The molecular formula is C19H21Cl2N3O2. The molecule has 0 spiro atoms. The number of nitrogens with one attached hydrogen (secondary N) is 2. The number of nitrogens with zero attached hydrogens (tertiary/aromatic N) is 1. The van der Waals surface area contributed by atoms with E-state index < -0.39 is 0 Å². The van der Waals surface area contributed by atoms with E-state index in [1.807, 2.05) is 18.2 Å². The third-order valence-electron chi connectivity index (χ3n) is 4.14. The number of hydrogen-bond acceptors (Lipinski definition) is 3. The average Bonchev–Trinajstić information content (AvgIpc) is 3.12. The van der Waals surface area contributed by atoms with Gasteiger partial charge in [0.1, 0.15) is 12.4 Å². The van der Waals surface area contributed by atoms with Crippen LogP contribution in [0.5, 0.6) is 5.75 Å². The summed E-state index contributed by atoms with van der Waals surface area (Å²) >= 11 is 11.8. The molecule has 0 unspecified atom stereocenters. The van der Waals surface area contributed by atoms with Gasteiger partial charge in [0.25, 0.3) is 0 Å². The minimum atomic E-state index is -0.363. The van der Waals surface area contributed by atoms with Crippen LogP contribution in [-0.4, -0.2) is 37.2 Å². The van der Waals surface area contributed by atoms with E-state index in [1.165, 1.54) is 12.8 Å². The highest BCUT2D eigenvalue weighted by atomic mass is 35.5. The maximum absolute atomic E-state index is 12.1. The Bertz CT molecular complexity index is 764. The Hall–Kier alpha value is -1.95. The van der Waals surface area contributed by atoms with E-state index >= 15 is 0 Å². The lowest BCUT2D eigenvalue weighted by atomic mass is 10.3. The summed E-state index contributed by atoms with van der Waals surface area (Å²) in [6.07, 6.45) is 2.54. The predicted octanol–water partition coefficient (Wildman–Crippen LogP) is 5.11. The Morgan fingerprint density at radius 2 is 1.73 bits per heavy atom. The molecule has 138 valence electrons. The molecule has 1 saturated heterocycles. The van der Waals surface area contributed by atoms with Crippen LogP contribution in [0, 0.1) is 0 Å². The van der Waals surface area contributed by atoms with Crippen LogP contribution >= 0.6 is 23.2 Å². The molecule has 1 fully saturated rings. The summed E-state index contributed by atoms with van der Waals surface area (Å²) in [4.78, 5) is 14.5. The van der Waals surface area contributed by atoms with E-state index in [2.05, 4.69) is 15.5 Å². The molecule has 2 aromatic carbocycles. The number of anilines is 2. The number of amides is 2. The summed E-state index contributed by atoms with van der Waals surface area (Å²) in [7, 11) is 0. The average molecular weight is 394 g/mol. The number of carbonyl (C=O) groups excluding carboxylic acids is 1. The van der Waals surface area contributed by atoms with Gasteiger partial charge < -0.3 is 15.4 Å². The molecule has 0 saturated carbocycles. The van der Waals surface area contributed by atoms with Gasteiger partial charge in [-0.25, -0.2) is 4.79 Å². The van der Waals surface area contributed by atoms with Crippen LogP contribution < -0.4 is 15.4 Å². The van der Waals surface area contributed by atoms with Crippen LogP contribution in [0.2, 0.25) is 10.0 Å². The number of benzene rings is 2. The van der Waals surface area contributed by atoms with E-state index in [0.717, 1.165) is 25.4 Å². The molecule has 1 heterocycles. The smallest absolute Gasteiger partial charge is 0.323 e. The first-order valence-corrected chi connectivity index (χ1v) is 9.34. The number of ether oxygens (including phenoxy) is 1. The van der Waals surface area contributed by atoms with E-state index in [4.69, 9.17) is 27.9 Å². The maximum Gasteiger partial charge on any atom is 0.323 e. The second kappa shape index (κ2) is 9.12. The highest BCUT2D eigenvalue weighted by Crippen LogP contribution is 2.25. The minimum absolute atomic E-state index is 0.363. The van der Waals surface area contributed by atoms with Crippen LogP contribution in [0.3, 0.4) is 0 Å². The van der Waals surface area contributed by atoms with Gasteiger partial charge in [0.15, 0.2) is 0 Å². The second-order valence-corrected chi connectivity index (χ2v) is 6.95. The maximum atomic E-state index is 12.1. The topological polar surface area (TPSA) is 53.6 Å². The summed E-state index contributed by atoms with van der Waals surface area (Å²) in [6.45, 7) is 3.87. The van der Waals surface area contributed by atoms with E-state index in [1.54, 1.807) is 24.3 Å². The molecule has 2 amide bonds. The molecule has 5 nitrogen and oxygen atoms in total. The molecule has 2 N–H and O–H groups in total. The summed E-state index contributed by atoms with van der Waals surface area (Å²) in [5.41, 5.74) is 1.22. The van der Waals surface area contributed by atoms with E-state index in [9.17, 15) is 4.79 Å². The summed E-state index contributed by atoms with van der Waals surface area (Å²) < 4.78 is 5.79. The van der Waals surface area contributed by atoms with E-state index in [0.29, 0.717) is 28.0 Å². The van der Waals surface area contributed by atoms with Crippen molar-refractivity contribution in [2.24, 2.45) is 0 Å². The van der Waals surface area contributed by atoms with Gasteiger partial charge in [0.05, 0.1) is 10.0 Å². The molecule has 2 aromatic rings. The second-order valence-electron chi connectivity index (χ2n) is 6.13. The van der Waals surface area contributed by atoms with Crippen molar-refractivity contribution in [1.29, 1.82) is 0 Å². The SMILES string of the molecule is O=C(Nc1cccc(OCCN2CCCC2)c1)Nc1ccc(Cl)c(Cl)c1. The third kappa shape index (κ3) is 5.53. The fourth-order valence-electron chi connectivity index (χ4n) is 2.83. The van der Waals surface area contributed by atoms with Crippen molar-refractivity contribution >= 4 is 40.6 Å². The first-order valence-electron chi connectivity index (χ1n) is 8.58. The number of halogens is 2. The molecule has 0 aliphatic carbocycles. The minimum Gasteiger partial charge on any atom is -0.492 e. The highest BCUT2D eigenvalue weighted by Gasteiger charge is 2.11. The Labute approximate surface area is 163 Å². The standard InChI is InChI=1S/C19H21Cl2N3O2/c20-17-7-6-15(13-18(17)21)23-19(25)22-14-4-3-5-16(12-14)26-11-10-24-8-1-2-9-24/h3-7,12-13H,1-2,8-11H2,(H2,22,23,25). The summed E-state index contributed by atoms with van der Waals surface area (Å²) in [5, 5.41) is 6.33.